The zero-order valence-corrected chi connectivity index (χ0v) is 13.2. The second-order valence-electron chi connectivity index (χ2n) is 5.30. The van der Waals surface area contributed by atoms with Crippen molar-refractivity contribution in [2.75, 3.05) is 6.61 Å². The molecule has 4 nitrogen and oxygen atoms in total. The highest BCUT2D eigenvalue weighted by atomic mass is 35.5. The third-order valence-electron chi connectivity index (χ3n) is 3.78. The minimum atomic E-state index is -1.53. The summed E-state index contributed by atoms with van der Waals surface area (Å²) in [4.78, 5) is 4.30. The van der Waals surface area contributed by atoms with Crippen LogP contribution in [0.15, 0.2) is 41.4 Å². The molecule has 1 atom stereocenters. The number of amidine groups is 1. The molecule has 0 aromatic heterocycles. The van der Waals surface area contributed by atoms with E-state index < -0.39 is 5.60 Å². The van der Waals surface area contributed by atoms with E-state index in [1.54, 1.807) is 18.2 Å². The third kappa shape index (κ3) is 2.16. The second-order valence-corrected chi connectivity index (χ2v) is 5.74. The highest BCUT2D eigenvalue weighted by Gasteiger charge is 2.44. The van der Waals surface area contributed by atoms with Crippen molar-refractivity contribution in [3.63, 3.8) is 0 Å². The Labute approximate surface area is 134 Å². The van der Waals surface area contributed by atoms with E-state index in [2.05, 4.69) is 4.99 Å². The van der Waals surface area contributed by atoms with E-state index in [0.29, 0.717) is 34.2 Å². The smallest absolute Gasteiger partial charge is 0.178 e. The summed E-state index contributed by atoms with van der Waals surface area (Å²) in [6.07, 6.45) is 0. The van der Waals surface area contributed by atoms with E-state index >= 15 is 0 Å². The summed E-state index contributed by atoms with van der Waals surface area (Å²) in [7, 11) is 0. The van der Waals surface area contributed by atoms with Crippen molar-refractivity contribution in [1.29, 1.82) is 0 Å². The fraction of sp³-hybridized carbons (Fsp3) is 0.235. The molecule has 0 aliphatic carbocycles. The summed E-state index contributed by atoms with van der Waals surface area (Å²) in [6.45, 7) is 4.31. The van der Waals surface area contributed by atoms with Crippen LogP contribution >= 0.6 is 11.6 Å². The van der Waals surface area contributed by atoms with Crippen molar-refractivity contribution in [2.24, 2.45) is 10.7 Å². The molecule has 3 N–H and O–H groups in total. The van der Waals surface area contributed by atoms with Crippen molar-refractivity contribution in [3.05, 3.63) is 58.1 Å². The number of ether oxygens (including phenoxy) is 1. The zero-order valence-electron chi connectivity index (χ0n) is 12.4. The Bertz CT molecular complexity index is 773. The molecule has 1 aliphatic heterocycles. The predicted octanol–water partition coefficient (Wildman–Crippen LogP) is 3.29. The van der Waals surface area contributed by atoms with Crippen LogP contribution in [0.5, 0.6) is 5.75 Å². The standard InChI is InChI=1S/C17H17ClN2O2/c1-3-22-15-7-5-11(18)9-13(15)17(21)12-8-10(2)4-6-14(12)20-16(17)19/h4-9,21H,3H2,1-2H3,(H2,19,20). The fourth-order valence-electron chi connectivity index (χ4n) is 2.74. The average Bonchev–Trinajstić information content (AvgIpc) is 2.74. The number of hydrogen-bond donors (Lipinski definition) is 2. The molecule has 0 saturated carbocycles. The molecule has 0 radical (unpaired) electrons. The maximum absolute atomic E-state index is 11.3. The summed E-state index contributed by atoms with van der Waals surface area (Å²) < 4.78 is 5.63. The summed E-state index contributed by atoms with van der Waals surface area (Å²) in [5, 5.41) is 11.8. The van der Waals surface area contributed by atoms with E-state index in [0.717, 1.165) is 5.56 Å². The van der Waals surface area contributed by atoms with Gasteiger partial charge in [0.15, 0.2) is 5.60 Å². The Morgan fingerprint density at radius 1 is 1.23 bits per heavy atom. The van der Waals surface area contributed by atoms with Gasteiger partial charge in [0.2, 0.25) is 0 Å². The lowest BCUT2D eigenvalue weighted by Gasteiger charge is -2.27. The van der Waals surface area contributed by atoms with Gasteiger partial charge in [-0.15, -0.1) is 0 Å². The lowest BCUT2D eigenvalue weighted by Crippen LogP contribution is -2.40. The van der Waals surface area contributed by atoms with E-state index in [9.17, 15) is 5.11 Å². The number of nitrogens with two attached hydrogens (primary N) is 1. The Morgan fingerprint density at radius 3 is 2.73 bits per heavy atom. The number of halogens is 1. The van der Waals surface area contributed by atoms with Crippen molar-refractivity contribution in [3.8, 4) is 5.75 Å². The molecule has 114 valence electrons. The molecule has 0 saturated heterocycles. The molecule has 1 unspecified atom stereocenters. The number of aliphatic hydroxyl groups is 1. The van der Waals surface area contributed by atoms with E-state index in [-0.39, 0.29) is 5.84 Å². The van der Waals surface area contributed by atoms with E-state index in [4.69, 9.17) is 22.1 Å². The lowest BCUT2D eigenvalue weighted by molar-refractivity contribution is 0.153. The number of nitrogens with zero attached hydrogens (tertiary/aromatic N) is 1. The van der Waals surface area contributed by atoms with Crippen molar-refractivity contribution >= 4 is 23.1 Å². The maximum Gasteiger partial charge on any atom is 0.178 e. The number of aryl methyl sites for hydroxylation is 1. The lowest BCUT2D eigenvalue weighted by atomic mass is 9.85. The van der Waals surface area contributed by atoms with Crippen LogP contribution in [0, 0.1) is 6.92 Å². The van der Waals surface area contributed by atoms with Gasteiger partial charge in [-0.25, -0.2) is 4.99 Å². The van der Waals surface area contributed by atoms with Gasteiger partial charge in [0.1, 0.15) is 11.6 Å². The largest absolute Gasteiger partial charge is 0.493 e. The average molecular weight is 317 g/mol. The van der Waals surface area contributed by atoms with Crippen molar-refractivity contribution in [1.82, 2.24) is 0 Å². The first-order valence-electron chi connectivity index (χ1n) is 7.07. The molecule has 1 heterocycles. The van der Waals surface area contributed by atoms with Crippen LogP contribution in [0.2, 0.25) is 5.02 Å². The molecular formula is C17H17ClN2O2. The quantitative estimate of drug-likeness (QED) is 0.913. The fourth-order valence-corrected chi connectivity index (χ4v) is 2.91. The SMILES string of the molecule is CCOc1ccc(Cl)cc1C1(O)C(N)=Nc2ccc(C)cc21. The van der Waals surface area contributed by atoms with Crippen molar-refractivity contribution in [2.45, 2.75) is 19.4 Å². The monoisotopic (exact) mass is 316 g/mol. The Kier molecular flexibility index (Phi) is 3.59. The molecule has 0 fully saturated rings. The van der Waals surface area contributed by atoms with Gasteiger partial charge in [-0.1, -0.05) is 29.3 Å². The first-order chi connectivity index (χ1) is 10.5. The van der Waals surface area contributed by atoms with Crippen LogP contribution in [0.3, 0.4) is 0 Å². The molecule has 2 aromatic rings. The van der Waals surface area contributed by atoms with Crippen LogP contribution in [0.25, 0.3) is 0 Å². The Balaban J connectivity index is 2.26. The molecule has 5 heteroatoms. The number of hydrogen-bond acceptors (Lipinski definition) is 4. The minimum Gasteiger partial charge on any atom is -0.493 e. The second kappa shape index (κ2) is 5.30. The molecule has 1 aliphatic rings. The van der Waals surface area contributed by atoms with Gasteiger partial charge in [0.25, 0.3) is 0 Å². The van der Waals surface area contributed by atoms with Crippen LogP contribution < -0.4 is 10.5 Å². The molecular weight excluding hydrogens is 300 g/mol. The minimum absolute atomic E-state index is 0.122. The van der Waals surface area contributed by atoms with Gasteiger partial charge in [0, 0.05) is 16.1 Å². The summed E-state index contributed by atoms with van der Waals surface area (Å²) in [5.74, 6) is 0.665. The Morgan fingerprint density at radius 2 is 2.00 bits per heavy atom. The first kappa shape index (κ1) is 14.9. The van der Waals surface area contributed by atoms with Crippen LogP contribution in [0.4, 0.5) is 5.69 Å². The van der Waals surface area contributed by atoms with Gasteiger partial charge in [-0.3, -0.25) is 0 Å². The van der Waals surface area contributed by atoms with Gasteiger partial charge in [0.05, 0.1) is 12.3 Å². The topological polar surface area (TPSA) is 67.8 Å². The molecule has 22 heavy (non-hydrogen) atoms. The third-order valence-corrected chi connectivity index (χ3v) is 4.02. The highest BCUT2D eigenvalue weighted by Crippen LogP contribution is 2.45. The van der Waals surface area contributed by atoms with Crippen LogP contribution in [-0.4, -0.2) is 17.5 Å². The van der Waals surface area contributed by atoms with Gasteiger partial charge >= 0.3 is 0 Å². The van der Waals surface area contributed by atoms with Gasteiger partial charge in [-0.05, 0) is 38.1 Å². The van der Waals surface area contributed by atoms with Gasteiger partial charge < -0.3 is 15.6 Å². The first-order valence-corrected chi connectivity index (χ1v) is 7.45. The number of fused-ring (bicyclic) bond motifs is 1. The predicted molar refractivity (Wildman–Crippen MR) is 88.1 cm³/mol. The Hall–Kier alpha value is -2.04. The van der Waals surface area contributed by atoms with Crippen LogP contribution in [-0.2, 0) is 5.60 Å². The number of aliphatic imine (C=N–C) groups is 1. The van der Waals surface area contributed by atoms with Crippen molar-refractivity contribution < 1.29 is 9.84 Å². The maximum atomic E-state index is 11.3. The molecule has 3 rings (SSSR count). The van der Waals surface area contributed by atoms with Gasteiger partial charge in [-0.2, -0.15) is 0 Å². The normalized spacial score (nSPS) is 19.7. The highest BCUT2D eigenvalue weighted by molar-refractivity contribution is 6.30. The van der Waals surface area contributed by atoms with E-state index in [1.165, 1.54) is 0 Å². The molecule has 0 amide bonds. The number of benzene rings is 2. The molecule has 0 bridgehead atoms. The summed E-state index contributed by atoms with van der Waals surface area (Å²) >= 11 is 6.12. The number of rotatable bonds is 3. The van der Waals surface area contributed by atoms with Crippen LogP contribution in [0.1, 0.15) is 23.6 Å². The molecule has 2 aromatic carbocycles. The zero-order chi connectivity index (χ0) is 15.9. The summed E-state index contributed by atoms with van der Waals surface area (Å²) in [6, 6.07) is 10.8. The summed E-state index contributed by atoms with van der Waals surface area (Å²) in [5.41, 5.74) is 7.36. The van der Waals surface area contributed by atoms with E-state index in [1.807, 2.05) is 32.0 Å². The molecule has 0 spiro atoms.